The second kappa shape index (κ2) is 2.76. The molecule has 1 fully saturated rings. The summed E-state index contributed by atoms with van der Waals surface area (Å²) in [6.45, 7) is 4.22. The lowest BCUT2D eigenvalue weighted by molar-refractivity contribution is 0.231. The van der Waals surface area contributed by atoms with Gasteiger partial charge in [-0.05, 0) is 23.5 Å². The summed E-state index contributed by atoms with van der Waals surface area (Å²) >= 11 is 0. The van der Waals surface area contributed by atoms with Crippen molar-refractivity contribution in [1.82, 2.24) is 4.98 Å². The van der Waals surface area contributed by atoms with Crippen LogP contribution < -0.4 is 0 Å². The third-order valence-corrected chi connectivity index (χ3v) is 3.44. The highest BCUT2D eigenvalue weighted by Crippen LogP contribution is 2.63. The van der Waals surface area contributed by atoms with Crippen molar-refractivity contribution >= 4 is 0 Å². The second-order valence-corrected chi connectivity index (χ2v) is 4.69. The van der Waals surface area contributed by atoms with Gasteiger partial charge in [0, 0.05) is 11.6 Å². The number of hydrogen-bond acceptors (Lipinski definition) is 2. The second-order valence-electron chi connectivity index (χ2n) is 4.69. The monoisotopic (exact) mass is 195 g/mol. The quantitative estimate of drug-likeness (QED) is 0.781. The topological polar surface area (TPSA) is 33.1 Å². The maximum Gasteiger partial charge on any atom is 0.141 e. The Morgan fingerprint density at radius 2 is 2.14 bits per heavy atom. The zero-order chi connectivity index (χ0) is 10.4. The van der Waals surface area contributed by atoms with Crippen LogP contribution in [0, 0.1) is 11.2 Å². The highest BCUT2D eigenvalue weighted by atomic mass is 19.1. The average Bonchev–Trinajstić information content (AvgIpc) is 2.70. The SMILES string of the molecule is CC1(C)CC1(CO)c1cncc(F)c1. The Bertz CT molecular complexity index is 364. The Balaban J connectivity index is 2.40. The standard InChI is InChI=1S/C11H14FNO/c1-10(2)6-11(10,7-14)8-3-9(12)5-13-4-8/h3-5,14H,6-7H2,1-2H3. The molecule has 0 spiro atoms. The Morgan fingerprint density at radius 1 is 1.50 bits per heavy atom. The zero-order valence-electron chi connectivity index (χ0n) is 8.42. The van der Waals surface area contributed by atoms with Crippen LogP contribution in [0.5, 0.6) is 0 Å². The summed E-state index contributed by atoms with van der Waals surface area (Å²) < 4.78 is 13.0. The number of aliphatic hydroxyl groups is 1. The van der Waals surface area contributed by atoms with E-state index >= 15 is 0 Å². The summed E-state index contributed by atoms with van der Waals surface area (Å²) in [4.78, 5) is 3.82. The fourth-order valence-electron chi connectivity index (χ4n) is 2.24. The molecule has 76 valence electrons. The first kappa shape index (κ1) is 9.59. The lowest BCUT2D eigenvalue weighted by Gasteiger charge is -2.17. The van der Waals surface area contributed by atoms with E-state index in [0.717, 1.165) is 12.0 Å². The van der Waals surface area contributed by atoms with E-state index in [9.17, 15) is 9.50 Å². The average molecular weight is 195 g/mol. The third kappa shape index (κ3) is 1.16. The van der Waals surface area contributed by atoms with E-state index in [4.69, 9.17) is 0 Å². The molecule has 0 amide bonds. The van der Waals surface area contributed by atoms with Crippen molar-refractivity contribution in [3.63, 3.8) is 0 Å². The van der Waals surface area contributed by atoms with Gasteiger partial charge in [0.15, 0.2) is 0 Å². The molecule has 1 aliphatic carbocycles. The van der Waals surface area contributed by atoms with Crippen LogP contribution in [0.15, 0.2) is 18.5 Å². The summed E-state index contributed by atoms with van der Waals surface area (Å²) in [6, 6.07) is 1.47. The van der Waals surface area contributed by atoms with Gasteiger partial charge in [0.05, 0.1) is 12.8 Å². The molecule has 1 heterocycles. The van der Waals surface area contributed by atoms with Gasteiger partial charge in [-0.25, -0.2) is 4.39 Å². The van der Waals surface area contributed by atoms with Gasteiger partial charge in [-0.1, -0.05) is 13.8 Å². The van der Waals surface area contributed by atoms with Crippen molar-refractivity contribution in [1.29, 1.82) is 0 Å². The summed E-state index contributed by atoms with van der Waals surface area (Å²) in [5.41, 5.74) is 0.587. The molecule has 2 rings (SSSR count). The number of pyridine rings is 1. The highest BCUT2D eigenvalue weighted by molar-refractivity contribution is 5.35. The highest BCUT2D eigenvalue weighted by Gasteiger charge is 2.61. The first-order chi connectivity index (χ1) is 6.52. The molecule has 0 saturated heterocycles. The lowest BCUT2D eigenvalue weighted by atomic mass is 9.90. The summed E-state index contributed by atoms with van der Waals surface area (Å²) in [5.74, 6) is -0.335. The molecule has 3 heteroatoms. The number of nitrogens with zero attached hydrogens (tertiary/aromatic N) is 1. The van der Waals surface area contributed by atoms with E-state index in [-0.39, 0.29) is 23.3 Å². The van der Waals surface area contributed by atoms with Gasteiger partial charge in [-0.15, -0.1) is 0 Å². The van der Waals surface area contributed by atoms with E-state index in [0.29, 0.717) is 0 Å². The minimum atomic E-state index is -0.335. The molecule has 1 aromatic rings. The largest absolute Gasteiger partial charge is 0.395 e. The smallest absolute Gasteiger partial charge is 0.141 e. The molecule has 0 aliphatic heterocycles. The van der Waals surface area contributed by atoms with E-state index < -0.39 is 0 Å². The van der Waals surface area contributed by atoms with Crippen molar-refractivity contribution < 1.29 is 9.50 Å². The van der Waals surface area contributed by atoms with E-state index in [2.05, 4.69) is 18.8 Å². The van der Waals surface area contributed by atoms with Crippen LogP contribution in [-0.2, 0) is 5.41 Å². The third-order valence-electron chi connectivity index (χ3n) is 3.44. The van der Waals surface area contributed by atoms with Crippen LogP contribution >= 0.6 is 0 Å². The van der Waals surface area contributed by atoms with Crippen molar-refractivity contribution in [3.05, 3.63) is 29.8 Å². The minimum absolute atomic E-state index is 0.0528. The molecule has 1 saturated carbocycles. The molecule has 1 atom stereocenters. The van der Waals surface area contributed by atoms with Gasteiger partial charge in [0.1, 0.15) is 5.82 Å². The van der Waals surface area contributed by atoms with Gasteiger partial charge < -0.3 is 5.11 Å². The lowest BCUT2D eigenvalue weighted by Crippen LogP contribution is -2.19. The molecule has 0 radical (unpaired) electrons. The van der Waals surface area contributed by atoms with Gasteiger partial charge in [-0.3, -0.25) is 4.98 Å². The molecule has 2 nitrogen and oxygen atoms in total. The van der Waals surface area contributed by atoms with Gasteiger partial charge in [-0.2, -0.15) is 0 Å². The molecule has 0 aromatic carbocycles. The van der Waals surface area contributed by atoms with E-state index in [1.807, 2.05) is 0 Å². The molecule has 1 N–H and O–H groups in total. The summed E-state index contributed by atoms with van der Waals surface area (Å²) in [7, 11) is 0. The minimum Gasteiger partial charge on any atom is -0.395 e. The number of hydrogen-bond donors (Lipinski definition) is 1. The normalized spacial score (nSPS) is 28.9. The van der Waals surface area contributed by atoms with Crippen LogP contribution in [-0.4, -0.2) is 16.7 Å². The van der Waals surface area contributed by atoms with Gasteiger partial charge >= 0.3 is 0 Å². The fourth-order valence-corrected chi connectivity index (χ4v) is 2.24. The maximum atomic E-state index is 13.0. The molecular weight excluding hydrogens is 181 g/mol. The number of rotatable bonds is 2. The number of aromatic nitrogens is 1. The Kier molecular flexibility index (Phi) is 1.89. The molecule has 1 aliphatic rings. The summed E-state index contributed by atoms with van der Waals surface area (Å²) in [5, 5.41) is 9.39. The predicted molar refractivity (Wildman–Crippen MR) is 51.4 cm³/mol. The fraction of sp³-hybridized carbons (Fsp3) is 0.545. The van der Waals surface area contributed by atoms with E-state index in [1.165, 1.54) is 12.3 Å². The predicted octanol–water partition coefficient (Wildman–Crippen LogP) is 1.88. The van der Waals surface area contributed by atoms with Crippen molar-refractivity contribution in [2.75, 3.05) is 6.61 Å². The Morgan fingerprint density at radius 3 is 2.57 bits per heavy atom. The van der Waals surface area contributed by atoms with Crippen LogP contribution in [0.4, 0.5) is 4.39 Å². The number of halogens is 1. The summed E-state index contributed by atoms with van der Waals surface area (Å²) in [6.07, 6.45) is 3.72. The van der Waals surface area contributed by atoms with Crippen LogP contribution in [0.1, 0.15) is 25.8 Å². The van der Waals surface area contributed by atoms with Crippen molar-refractivity contribution in [2.24, 2.45) is 5.41 Å². The maximum absolute atomic E-state index is 13.0. The molecule has 1 unspecified atom stereocenters. The first-order valence-electron chi connectivity index (χ1n) is 4.74. The van der Waals surface area contributed by atoms with Gasteiger partial charge in [0.2, 0.25) is 0 Å². The zero-order valence-corrected chi connectivity index (χ0v) is 8.42. The van der Waals surface area contributed by atoms with Crippen LogP contribution in [0.2, 0.25) is 0 Å². The first-order valence-corrected chi connectivity index (χ1v) is 4.74. The van der Waals surface area contributed by atoms with E-state index in [1.54, 1.807) is 6.20 Å². The van der Waals surface area contributed by atoms with Crippen molar-refractivity contribution in [2.45, 2.75) is 25.7 Å². The molecular formula is C11H14FNO. The van der Waals surface area contributed by atoms with Crippen LogP contribution in [0.25, 0.3) is 0 Å². The Labute approximate surface area is 82.8 Å². The molecule has 14 heavy (non-hydrogen) atoms. The molecule has 1 aromatic heterocycles. The Hall–Kier alpha value is -0.960. The van der Waals surface area contributed by atoms with Crippen molar-refractivity contribution in [3.8, 4) is 0 Å². The molecule has 0 bridgehead atoms. The van der Waals surface area contributed by atoms with Gasteiger partial charge in [0.25, 0.3) is 0 Å². The number of aliphatic hydroxyl groups excluding tert-OH is 1. The van der Waals surface area contributed by atoms with Crippen LogP contribution in [0.3, 0.4) is 0 Å².